The van der Waals surface area contributed by atoms with Crippen LogP contribution in [0.25, 0.3) is 6.08 Å². The highest BCUT2D eigenvalue weighted by Gasteiger charge is 2.22. The molecule has 0 aliphatic carbocycles. The Kier molecular flexibility index (Phi) is 23.1. The maximum Gasteiger partial charge on any atom is 0.137 e. The van der Waals surface area contributed by atoms with Crippen LogP contribution in [-0.2, 0) is 4.74 Å². The molecule has 2 heteroatoms. The van der Waals surface area contributed by atoms with Crippen molar-refractivity contribution in [1.29, 1.82) is 0 Å². The maximum absolute atomic E-state index is 6.40. The highest BCUT2D eigenvalue weighted by atomic mass is 16.5. The van der Waals surface area contributed by atoms with E-state index in [4.69, 9.17) is 4.74 Å². The second kappa shape index (κ2) is 25.2. The molecular formula is C35H63NO. The molecule has 2 nitrogen and oxygen atoms in total. The molecule has 1 rings (SSSR count). The molecule has 0 bridgehead atoms. The Hall–Kier alpha value is -1.12. The smallest absolute Gasteiger partial charge is 0.137 e. The minimum absolute atomic E-state index is 0.0383. The van der Waals surface area contributed by atoms with Crippen LogP contribution in [0.2, 0.25) is 0 Å². The van der Waals surface area contributed by atoms with Gasteiger partial charge in [-0.15, -0.1) is 0 Å². The van der Waals surface area contributed by atoms with Gasteiger partial charge in [0.25, 0.3) is 0 Å². The minimum Gasteiger partial charge on any atom is -0.359 e. The van der Waals surface area contributed by atoms with Gasteiger partial charge in [0.05, 0.1) is 0 Å². The maximum atomic E-state index is 6.40. The summed E-state index contributed by atoms with van der Waals surface area (Å²) < 4.78 is 6.40. The van der Waals surface area contributed by atoms with Crippen molar-refractivity contribution in [3.8, 4) is 0 Å². The Morgan fingerprint density at radius 1 is 0.622 bits per heavy atom. The van der Waals surface area contributed by atoms with Gasteiger partial charge in [-0.1, -0.05) is 166 Å². The van der Waals surface area contributed by atoms with Crippen molar-refractivity contribution in [2.24, 2.45) is 0 Å². The lowest BCUT2D eigenvalue weighted by molar-refractivity contribution is -0.0593. The zero-order valence-corrected chi connectivity index (χ0v) is 25.3. The number of benzene rings is 1. The van der Waals surface area contributed by atoms with Crippen molar-refractivity contribution >= 4 is 6.08 Å². The molecule has 0 aromatic heterocycles. The fourth-order valence-corrected chi connectivity index (χ4v) is 5.42. The van der Waals surface area contributed by atoms with E-state index in [9.17, 15) is 0 Å². The summed E-state index contributed by atoms with van der Waals surface area (Å²) in [5.41, 5.74) is 2.48. The summed E-state index contributed by atoms with van der Waals surface area (Å²) in [4.78, 5) is 2.63. The largest absolute Gasteiger partial charge is 0.359 e. The van der Waals surface area contributed by atoms with Gasteiger partial charge in [-0.3, -0.25) is 4.90 Å². The van der Waals surface area contributed by atoms with Crippen molar-refractivity contribution < 1.29 is 4.74 Å². The predicted molar refractivity (Wildman–Crippen MR) is 166 cm³/mol. The van der Waals surface area contributed by atoms with Gasteiger partial charge in [-0.25, -0.2) is 0 Å². The van der Waals surface area contributed by atoms with Crippen molar-refractivity contribution in [2.45, 2.75) is 155 Å². The first-order valence-corrected chi connectivity index (χ1v) is 16.3. The van der Waals surface area contributed by atoms with Crippen LogP contribution in [-0.4, -0.2) is 24.6 Å². The third-order valence-corrected chi connectivity index (χ3v) is 7.74. The normalized spacial score (nSPS) is 12.3. The van der Waals surface area contributed by atoms with Gasteiger partial charge in [0, 0.05) is 25.3 Å². The van der Waals surface area contributed by atoms with Gasteiger partial charge in [0.15, 0.2) is 0 Å². The quantitative estimate of drug-likeness (QED) is 0.0856. The minimum atomic E-state index is 0.0383. The Morgan fingerprint density at radius 3 is 1.43 bits per heavy atom. The topological polar surface area (TPSA) is 12.5 Å². The lowest BCUT2D eigenvalue weighted by Crippen LogP contribution is -2.33. The highest BCUT2D eigenvalue weighted by molar-refractivity contribution is 5.52. The van der Waals surface area contributed by atoms with E-state index in [0.29, 0.717) is 0 Å². The molecule has 0 fully saturated rings. The van der Waals surface area contributed by atoms with Crippen LogP contribution < -0.4 is 0 Å². The zero-order valence-electron chi connectivity index (χ0n) is 25.3. The van der Waals surface area contributed by atoms with E-state index >= 15 is 0 Å². The second-order valence-corrected chi connectivity index (χ2v) is 11.0. The molecule has 0 saturated carbocycles. The van der Waals surface area contributed by atoms with Gasteiger partial charge < -0.3 is 4.74 Å². The average molecular weight is 514 g/mol. The fraction of sp³-hybridized carbons (Fsp3) is 0.771. The number of rotatable bonds is 27. The summed E-state index contributed by atoms with van der Waals surface area (Å²) in [5, 5.41) is 0. The van der Waals surface area contributed by atoms with Crippen LogP contribution in [0.4, 0.5) is 0 Å². The van der Waals surface area contributed by atoms with Crippen molar-refractivity contribution in [2.75, 3.05) is 19.7 Å². The second-order valence-electron chi connectivity index (χ2n) is 11.0. The number of unbranched alkanes of at least 4 members (excludes halogenated alkanes) is 18. The van der Waals surface area contributed by atoms with E-state index in [1.165, 1.54) is 140 Å². The summed E-state index contributed by atoms with van der Waals surface area (Å²) in [7, 11) is 0. The molecule has 1 unspecified atom stereocenters. The van der Waals surface area contributed by atoms with Crippen LogP contribution in [0.15, 0.2) is 30.8 Å². The van der Waals surface area contributed by atoms with Gasteiger partial charge in [0.2, 0.25) is 0 Å². The summed E-state index contributed by atoms with van der Waals surface area (Å²) in [5.74, 6) is 0. The van der Waals surface area contributed by atoms with Crippen molar-refractivity contribution in [1.82, 2.24) is 4.90 Å². The molecule has 1 atom stereocenters. The summed E-state index contributed by atoms with van der Waals surface area (Å²) in [6.45, 7) is 13.8. The molecule has 214 valence electrons. The summed E-state index contributed by atoms with van der Waals surface area (Å²) in [6, 6.07) is 8.67. The van der Waals surface area contributed by atoms with Crippen LogP contribution in [0, 0.1) is 0 Å². The lowest BCUT2D eigenvalue weighted by atomic mass is 10.0. The zero-order chi connectivity index (χ0) is 26.8. The molecular weight excluding hydrogens is 450 g/mol. The van der Waals surface area contributed by atoms with Crippen LogP contribution in [0.5, 0.6) is 0 Å². The van der Waals surface area contributed by atoms with E-state index in [1.807, 2.05) is 6.08 Å². The Morgan fingerprint density at radius 2 is 1.03 bits per heavy atom. The molecule has 0 saturated heterocycles. The fourth-order valence-electron chi connectivity index (χ4n) is 5.42. The molecule has 0 heterocycles. The Bertz CT molecular complexity index is 603. The predicted octanol–water partition coefficient (Wildman–Crippen LogP) is 11.5. The van der Waals surface area contributed by atoms with Gasteiger partial charge >= 0.3 is 0 Å². The van der Waals surface area contributed by atoms with E-state index < -0.39 is 0 Å². The number of hydrogen-bond donors (Lipinski definition) is 0. The first kappa shape index (κ1) is 33.9. The van der Waals surface area contributed by atoms with Crippen molar-refractivity contribution in [3.05, 3.63) is 42.0 Å². The molecule has 0 amide bonds. The summed E-state index contributed by atoms with van der Waals surface area (Å²) in [6.07, 6.45) is 29.7. The molecule has 1 aromatic rings. The van der Waals surface area contributed by atoms with Crippen LogP contribution >= 0.6 is 0 Å². The average Bonchev–Trinajstić information content (AvgIpc) is 2.92. The van der Waals surface area contributed by atoms with E-state index in [0.717, 1.165) is 19.7 Å². The SMILES string of the molecule is C=Cc1ccccc1C(OCC)N(CCCCCCCCCCCC)CCCCCCCCCCCC. The number of ether oxygens (including phenoxy) is 1. The molecule has 0 spiro atoms. The van der Waals surface area contributed by atoms with Gasteiger partial charge in [-0.05, 0) is 25.3 Å². The summed E-state index contributed by atoms with van der Waals surface area (Å²) >= 11 is 0. The third kappa shape index (κ3) is 17.2. The molecule has 0 N–H and O–H groups in total. The number of nitrogens with zero attached hydrogens (tertiary/aromatic N) is 1. The number of hydrogen-bond acceptors (Lipinski definition) is 2. The Labute approximate surface area is 232 Å². The van der Waals surface area contributed by atoms with Gasteiger partial charge in [0.1, 0.15) is 6.23 Å². The molecule has 0 aliphatic rings. The molecule has 0 radical (unpaired) electrons. The molecule has 1 aromatic carbocycles. The van der Waals surface area contributed by atoms with E-state index in [1.54, 1.807) is 0 Å². The van der Waals surface area contributed by atoms with Gasteiger partial charge in [-0.2, -0.15) is 0 Å². The lowest BCUT2D eigenvalue weighted by Gasteiger charge is -2.33. The standard InChI is InChI=1S/C35H63NO/c1-5-9-11-13-15-17-19-21-23-27-31-36(32-28-24-22-20-18-16-14-12-10-6-2)35(37-8-4)34-30-26-25-29-33(34)7-3/h7,25-26,29-30,35H,3,5-6,8-24,27-28,31-32H2,1-2,4H3. The van der Waals surface area contributed by atoms with Crippen LogP contribution in [0.1, 0.15) is 167 Å². The van der Waals surface area contributed by atoms with Crippen molar-refractivity contribution in [3.63, 3.8) is 0 Å². The third-order valence-electron chi connectivity index (χ3n) is 7.74. The Balaban J connectivity index is 2.50. The first-order valence-electron chi connectivity index (χ1n) is 16.3. The molecule has 37 heavy (non-hydrogen) atoms. The monoisotopic (exact) mass is 513 g/mol. The van der Waals surface area contributed by atoms with E-state index in [2.05, 4.69) is 56.5 Å². The van der Waals surface area contributed by atoms with Crippen LogP contribution in [0.3, 0.4) is 0 Å². The van der Waals surface area contributed by atoms with E-state index in [-0.39, 0.29) is 6.23 Å². The highest BCUT2D eigenvalue weighted by Crippen LogP contribution is 2.27. The first-order chi connectivity index (χ1) is 18.3. The molecule has 0 aliphatic heterocycles.